The lowest BCUT2D eigenvalue weighted by atomic mass is 10.1. The number of rotatable bonds is 5. The lowest BCUT2D eigenvalue weighted by molar-refractivity contribution is -0.115. The Labute approximate surface area is 111 Å². The Morgan fingerprint density at radius 3 is 2.89 bits per heavy atom. The molecule has 19 heavy (non-hydrogen) atoms. The molecule has 2 rings (SSSR count). The van der Waals surface area contributed by atoms with Crippen molar-refractivity contribution >= 4 is 11.6 Å². The van der Waals surface area contributed by atoms with Gasteiger partial charge in [0, 0.05) is 11.3 Å². The largest absolute Gasteiger partial charge is 0.423 e. The molecule has 0 unspecified atom stereocenters. The molecule has 100 valence electrons. The van der Waals surface area contributed by atoms with Crippen molar-refractivity contribution in [1.29, 1.82) is 0 Å². The van der Waals surface area contributed by atoms with Gasteiger partial charge in [-0.2, -0.15) is 0 Å². The first-order chi connectivity index (χ1) is 9.20. The van der Waals surface area contributed by atoms with E-state index in [9.17, 15) is 4.79 Å². The summed E-state index contributed by atoms with van der Waals surface area (Å²) < 4.78 is 5.13. The van der Waals surface area contributed by atoms with Gasteiger partial charge in [0.05, 0.1) is 6.54 Å². The number of likely N-dealkylation sites (N-methyl/N-ethyl adjacent to an activating group) is 1. The van der Waals surface area contributed by atoms with Crippen LogP contribution in [-0.4, -0.2) is 29.2 Å². The van der Waals surface area contributed by atoms with Crippen molar-refractivity contribution in [3.63, 3.8) is 0 Å². The number of carbonyl (C=O) groups excluding carboxylic acids is 1. The smallest absolute Gasteiger partial charge is 0.247 e. The van der Waals surface area contributed by atoms with E-state index in [1.54, 1.807) is 0 Å². The number of anilines is 1. The molecule has 6 heteroatoms. The molecule has 0 saturated heterocycles. The second kappa shape index (κ2) is 6.10. The molecule has 6 nitrogen and oxygen atoms in total. The van der Waals surface area contributed by atoms with Crippen molar-refractivity contribution < 1.29 is 9.21 Å². The van der Waals surface area contributed by atoms with Gasteiger partial charge in [-0.05, 0) is 37.2 Å². The van der Waals surface area contributed by atoms with Crippen molar-refractivity contribution in [2.24, 2.45) is 0 Å². The minimum atomic E-state index is -0.0597. The summed E-state index contributed by atoms with van der Waals surface area (Å²) in [4.78, 5) is 11.6. The third-order valence-corrected chi connectivity index (χ3v) is 2.64. The van der Waals surface area contributed by atoms with Crippen LogP contribution < -0.4 is 10.6 Å². The minimum absolute atomic E-state index is 0.0597. The van der Waals surface area contributed by atoms with Gasteiger partial charge in [-0.15, -0.1) is 10.2 Å². The molecule has 0 fully saturated rings. The predicted molar refractivity (Wildman–Crippen MR) is 71.6 cm³/mol. The van der Waals surface area contributed by atoms with Gasteiger partial charge in [0.1, 0.15) is 0 Å². The van der Waals surface area contributed by atoms with E-state index in [4.69, 9.17) is 4.42 Å². The first kappa shape index (κ1) is 13.2. The van der Waals surface area contributed by atoms with Crippen molar-refractivity contribution in [2.75, 3.05) is 18.4 Å². The van der Waals surface area contributed by atoms with Crippen LogP contribution >= 0.6 is 0 Å². The molecule has 0 atom stereocenters. The highest BCUT2D eigenvalue weighted by atomic mass is 16.4. The first-order valence-electron chi connectivity index (χ1n) is 6.08. The molecular weight excluding hydrogens is 244 g/mol. The highest BCUT2D eigenvalue weighted by Gasteiger charge is 2.08. The minimum Gasteiger partial charge on any atom is -0.423 e. The number of nitrogens with zero attached hydrogens (tertiary/aromatic N) is 2. The summed E-state index contributed by atoms with van der Waals surface area (Å²) in [5.41, 5.74) is 2.56. The molecule has 0 spiro atoms. The zero-order chi connectivity index (χ0) is 13.7. The van der Waals surface area contributed by atoms with Gasteiger partial charge < -0.3 is 15.1 Å². The van der Waals surface area contributed by atoms with Crippen molar-refractivity contribution in [2.45, 2.75) is 13.8 Å². The van der Waals surface area contributed by atoms with Gasteiger partial charge in [-0.3, -0.25) is 4.79 Å². The predicted octanol–water partition coefficient (Wildman–Crippen LogP) is 1.59. The number of nitrogens with one attached hydrogen (secondary N) is 2. The van der Waals surface area contributed by atoms with Crippen LogP contribution in [0.3, 0.4) is 0 Å². The SMILES string of the molecule is CCNCC(=O)Nc1ccc(-c2nnco2)cc1C. The molecule has 1 aromatic carbocycles. The van der Waals surface area contributed by atoms with E-state index in [1.165, 1.54) is 6.39 Å². The number of carbonyl (C=O) groups is 1. The third-order valence-electron chi connectivity index (χ3n) is 2.64. The number of hydrogen-bond donors (Lipinski definition) is 2. The zero-order valence-corrected chi connectivity index (χ0v) is 10.9. The van der Waals surface area contributed by atoms with Gasteiger partial charge in [0.25, 0.3) is 0 Å². The van der Waals surface area contributed by atoms with Crippen molar-refractivity contribution in [3.05, 3.63) is 30.2 Å². The van der Waals surface area contributed by atoms with E-state index in [1.807, 2.05) is 32.0 Å². The summed E-state index contributed by atoms with van der Waals surface area (Å²) in [6, 6.07) is 5.57. The maximum absolute atomic E-state index is 11.6. The number of aromatic nitrogens is 2. The fourth-order valence-corrected chi connectivity index (χ4v) is 1.67. The summed E-state index contributed by atoms with van der Waals surface area (Å²) in [7, 11) is 0. The Kier molecular flexibility index (Phi) is 4.25. The van der Waals surface area contributed by atoms with E-state index >= 15 is 0 Å². The number of amides is 1. The van der Waals surface area contributed by atoms with Gasteiger partial charge in [0.15, 0.2) is 0 Å². The maximum atomic E-state index is 11.6. The van der Waals surface area contributed by atoms with Gasteiger partial charge in [-0.25, -0.2) is 0 Å². The lowest BCUT2D eigenvalue weighted by Crippen LogP contribution is -2.27. The van der Waals surface area contributed by atoms with Gasteiger partial charge in [-0.1, -0.05) is 6.92 Å². The average Bonchev–Trinajstić information content (AvgIpc) is 2.92. The van der Waals surface area contributed by atoms with Crippen molar-refractivity contribution in [1.82, 2.24) is 15.5 Å². The number of hydrogen-bond acceptors (Lipinski definition) is 5. The van der Waals surface area contributed by atoms with E-state index in [0.717, 1.165) is 23.4 Å². The Morgan fingerprint density at radius 1 is 1.42 bits per heavy atom. The second-order valence-electron chi connectivity index (χ2n) is 4.10. The molecule has 2 aromatic rings. The first-order valence-corrected chi connectivity index (χ1v) is 6.08. The van der Waals surface area contributed by atoms with Crippen LogP contribution in [-0.2, 0) is 4.79 Å². The fourth-order valence-electron chi connectivity index (χ4n) is 1.67. The summed E-state index contributed by atoms with van der Waals surface area (Å²) in [5, 5.41) is 13.3. The molecule has 0 saturated carbocycles. The van der Waals surface area contributed by atoms with Crippen LogP contribution in [0.4, 0.5) is 5.69 Å². The van der Waals surface area contributed by atoms with Crippen LogP contribution in [0.2, 0.25) is 0 Å². The van der Waals surface area contributed by atoms with Crippen LogP contribution in [0.25, 0.3) is 11.5 Å². The summed E-state index contributed by atoms with van der Waals surface area (Å²) >= 11 is 0. The summed E-state index contributed by atoms with van der Waals surface area (Å²) in [5.74, 6) is 0.407. The fraction of sp³-hybridized carbons (Fsp3) is 0.308. The molecule has 2 N–H and O–H groups in total. The normalized spacial score (nSPS) is 10.4. The van der Waals surface area contributed by atoms with E-state index in [0.29, 0.717) is 12.4 Å². The molecule has 0 aliphatic carbocycles. The topological polar surface area (TPSA) is 80.0 Å². The molecular formula is C13H16N4O2. The molecule has 0 bridgehead atoms. The van der Waals surface area contributed by atoms with Crippen LogP contribution in [0.15, 0.2) is 29.0 Å². The third kappa shape index (κ3) is 3.38. The maximum Gasteiger partial charge on any atom is 0.247 e. The quantitative estimate of drug-likeness (QED) is 0.853. The van der Waals surface area contributed by atoms with E-state index in [2.05, 4.69) is 20.8 Å². The molecule has 1 aromatic heterocycles. The Balaban J connectivity index is 2.09. The second-order valence-corrected chi connectivity index (χ2v) is 4.10. The zero-order valence-electron chi connectivity index (χ0n) is 10.9. The van der Waals surface area contributed by atoms with Crippen molar-refractivity contribution in [3.8, 4) is 11.5 Å². The highest BCUT2D eigenvalue weighted by Crippen LogP contribution is 2.23. The Morgan fingerprint density at radius 2 is 2.26 bits per heavy atom. The van der Waals surface area contributed by atoms with Gasteiger partial charge >= 0.3 is 0 Å². The highest BCUT2D eigenvalue weighted by molar-refractivity contribution is 5.93. The van der Waals surface area contributed by atoms with Crippen LogP contribution in [0.1, 0.15) is 12.5 Å². The Bertz CT molecular complexity index is 552. The van der Waals surface area contributed by atoms with Crippen LogP contribution in [0, 0.1) is 6.92 Å². The van der Waals surface area contributed by atoms with E-state index in [-0.39, 0.29) is 5.91 Å². The molecule has 0 aliphatic heterocycles. The summed E-state index contributed by atoms with van der Waals surface area (Å²) in [6.45, 7) is 4.95. The lowest BCUT2D eigenvalue weighted by Gasteiger charge is -2.09. The van der Waals surface area contributed by atoms with Gasteiger partial charge in [0.2, 0.25) is 18.2 Å². The molecule has 1 amide bonds. The molecule has 1 heterocycles. The van der Waals surface area contributed by atoms with Crippen LogP contribution in [0.5, 0.6) is 0 Å². The van der Waals surface area contributed by atoms with E-state index < -0.39 is 0 Å². The number of benzene rings is 1. The monoisotopic (exact) mass is 260 g/mol. The number of aryl methyl sites for hydroxylation is 1. The Hall–Kier alpha value is -2.21. The molecule has 0 radical (unpaired) electrons. The summed E-state index contributed by atoms with van der Waals surface area (Å²) in [6.07, 6.45) is 1.29. The molecule has 0 aliphatic rings. The standard InChI is InChI=1S/C13H16N4O2/c1-3-14-7-12(18)16-11-5-4-10(6-9(11)2)13-17-15-8-19-13/h4-6,8,14H,3,7H2,1-2H3,(H,16,18). The average molecular weight is 260 g/mol.